The van der Waals surface area contributed by atoms with E-state index in [0.717, 1.165) is 37.6 Å². The highest BCUT2D eigenvalue weighted by molar-refractivity contribution is 6.33. The number of fused-ring (bicyclic) bond motifs is 3. The highest BCUT2D eigenvalue weighted by Gasteiger charge is 2.50. The Balaban J connectivity index is 1.27. The minimum Gasteiger partial charge on any atom is -0.355 e. The fourth-order valence-electron chi connectivity index (χ4n) is 6.19. The van der Waals surface area contributed by atoms with E-state index in [4.69, 9.17) is 11.6 Å². The molecule has 2 amide bonds. The second-order valence-corrected chi connectivity index (χ2v) is 11.4. The summed E-state index contributed by atoms with van der Waals surface area (Å²) >= 11 is 6.16. The van der Waals surface area contributed by atoms with Crippen LogP contribution in [0.1, 0.15) is 29.3 Å². The molecule has 2 N–H and O–H groups in total. The first-order chi connectivity index (χ1) is 21.1. The Morgan fingerprint density at radius 2 is 1.84 bits per heavy atom. The minimum atomic E-state index is -0.783. The monoisotopic (exact) mass is 615 g/mol. The number of rotatable bonds is 7. The van der Waals surface area contributed by atoms with Crippen molar-refractivity contribution < 1.29 is 18.8 Å². The molecule has 10 nitrogen and oxygen atoms in total. The van der Waals surface area contributed by atoms with Crippen LogP contribution in [-0.2, 0) is 52.2 Å². The Labute approximate surface area is 255 Å². The zero-order valence-electron chi connectivity index (χ0n) is 23.7. The van der Waals surface area contributed by atoms with Crippen LogP contribution in [0, 0.1) is 5.82 Å². The summed E-state index contributed by atoms with van der Waals surface area (Å²) in [7, 11) is 0. The van der Waals surface area contributed by atoms with Crippen molar-refractivity contribution in [2.24, 2.45) is 0 Å². The first-order valence-corrected chi connectivity index (χ1v) is 14.4. The molecule has 2 aliphatic rings. The van der Waals surface area contributed by atoms with Crippen LogP contribution in [0.5, 0.6) is 0 Å². The minimum absolute atomic E-state index is 0.0172. The number of nitrogens with zero attached hydrogens (tertiary/aromatic N) is 3. The molecule has 4 aromatic rings. The van der Waals surface area contributed by atoms with E-state index in [9.17, 15) is 28.4 Å². The quantitative estimate of drug-likeness (QED) is 0.329. The maximum absolute atomic E-state index is 14.3. The lowest BCUT2D eigenvalue weighted by Crippen LogP contribution is -2.44. The summed E-state index contributed by atoms with van der Waals surface area (Å²) in [6, 6.07) is 13.2. The smallest absolute Gasteiger partial charge is 0.331 e. The van der Waals surface area contributed by atoms with Crippen LogP contribution in [0.15, 0.2) is 70.5 Å². The highest BCUT2D eigenvalue weighted by atomic mass is 35.5. The number of pyridine rings is 1. The van der Waals surface area contributed by atoms with Gasteiger partial charge in [-0.25, -0.2) is 9.18 Å². The summed E-state index contributed by atoms with van der Waals surface area (Å²) in [5.74, 6) is -1.51. The number of halogens is 2. The molecule has 0 bridgehead atoms. The van der Waals surface area contributed by atoms with Gasteiger partial charge in [0.15, 0.2) is 0 Å². The fraction of sp³-hybridized carbons (Fsp3) is 0.250. The molecule has 0 fully saturated rings. The topological polar surface area (TPSA) is 132 Å². The number of benzene rings is 2. The van der Waals surface area contributed by atoms with Crippen molar-refractivity contribution in [1.29, 1.82) is 0 Å². The summed E-state index contributed by atoms with van der Waals surface area (Å²) in [5.41, 5.74) is 2.02. The number of aromatic nitrogens is 3. The average molecular weight is 616 g/mol. The van der Waals surface area contributed by atoms with E-state index in [1.165, 1.54) is 25.3 Å². The Kier molecular flexibility index (Phi) is 7.50. The average Bonchev–Trinajstić information content (AvgIpc) is 3.50. The molecule has 1 atom stereocenters. The predicted octanol–water partition coefficient (Wildman–Crippen LogP) is 2.80. The van der Waals surface area contributed by atoms with Gasteiger partial charge in [0.25, 0.3) is 5.56 Å². The molecule has 0 saturated carbocycles. The Morgan fingerprint density at radius 3 is 2.64 bits per heavy atom. The predicted molar refractivity (Wildman–Crippen MR) is 161 cm³/mol. The largest absolute Gasteiger partial charge is 0.355 e. The van der Waals surface area contributed by atoms with E-state index < -0.39 is 34.9 Å². The third-order valence-corrected chi connectivity index (χ3v) is 8.63. The lowest BCUT2D eigenvalue weighted by molar-refractivity contribution is -0.122. The maximum atomic E-state index is 14.3. The number of amides is 2. The Bertz CT molecular complexity index is 1990. The molecule has 6 rings (SSSR count). The van der Waals surface area contributed by atoms with Crippen LogP contribution >= 0.6 is 11.6 Å². The molecule has 2 aromatic carbocycles. The standard InChI is InChI=1S/C32H27ClFN5O5/c1-18(40)35-10-11-39-30(43)23(22-4-2-6-25(34)29(22)33)16-38(31(39)44)17-28(42)37-21-8-7-19-14-32(15-20(19)12-21)24-5-3-9-36-26(24)13-27(32)41/h2-9,12,16H,10-11,13-15,17H2,1H3,(H,35,40)(H,37,42)/t32-/m1/s1. The van der Waals surface area contributed by atoms with Crippen LogP contribution in [0.4, 0.5) is 10.1 Å². The zero-order valence-corrected chi connectivity index (χ0v) is 24.4. The molecule has 224 valence electrons. The van der Waals surface area contributed by atoms with Gasteiger partial charge in [-0.3, -0.25) is 33.3 Å². The van der Waals surface area contributed by atoms with Gasteiger partial charge in [0, 0.05) is 50.1 Å². The summed E-state index contributed by atoms with van der Waals surface area (Å²) in [6.07, 6.45) is 4.24. The van der Waals surface area contributed by atoms with Crippen molar-refractivity contribution >= 4 is 34.9 Å². The molecule has 2 aromatic heterocycles. The van der Waals surface area contributed by atoms with E-state index >= 15 is 0 Å². The number of anilines is 1. The molecule has 0 unspecified atom stereocenters. The van der Waals surface area contributed by atoms with Gasteiger partial charge in [-0.2, -0.15) is 0 Å². The summed E-state index contributed by atoms with van der Waals surface area (Å²) in [5, 5.41) is 5.03. The lowest BCUT2D eigenvalue weighted by atomic mass is 9.78. The van der Waals surface area contributed by atoms with Gasteiger partial charge in [0.05, 0.1) is 21.7 Å². The number of nitrogens with one attached hydrogen (secondary N) is 2. The molecule has 12 heteroatoms. The number of carbonyl (C=O) groups is 3. The Hall–Kier alpha value is -4.90. The van der Waals surface area contributed by atoms with Gasteiger partial charge in [-0.15, -0.1) is 0 Å². The Morgan fingerprint density at radius 1 is 1.05 bits per heavy atom. The number of Topliss-reactive ketones (excluding diaryl/α,β-unsaturated/α-hetero) is 1. The zero-order chi connectivity index (χ0) is 31.2. The van der Waals surface area contributed by atoms with Gasteiger partial charge < -0.3 is 10.6 Å². The molecule has 44 heavy (non-hydrogen) atoms. The van der Waals surface area contributed by atoms with E-state index in [0.29, 0.717) is 24.9 Å². The van der Waals surface area contributed by atoms with Crippen molar-refractivity contribution in [2.75, 3.05) is 11.9 Å². The van der Waals surface area contributed by atoms with E-state index in [1.807, 2.05) is 24.3 Å². The molecular weight excluding hydrogens is 589 g/mol. The number of hydrogen-bond acceptors (Lipinski definition) is 6. The van der Waals surface area contributed by atoms with Crippen LogP contribution in [0.3, 0.4) is 0 Å². The van der Waals surface area contributed by atoms with Crippen molar-refractivity contribution in [3.63, 3.8) is 0 Å². The summed E-state index contributed by atoms with van der Waals surface area (Å²) < 4.78 is 16.2. The molecular formula is C32H27ClFN5O5. The highest BCUT2D eigenvalue weighted by Crippen LogP contribution is 2.46. The first kappa shape index (κ1) is 29.2. The normalized spacial score (nSPS) is 16.6. The van der Waals surface area contributed by atoms with Crippen molar-refractivity contribution in [3.8, 4) is 11.1 Å². The van der Waals surface area contributed by atoms with Gasteiger partial charge in [-0.05, 0) is 53.8 Å². The lowest BCUT2D eigenvalue weighted by Gasteiger charge is -2.22. The fourth-order valence-corrected chi connectivity index (χ4v) is 6.41. The maximum Gasteiger partial charge on any atom is 0.331 e. The van der Waals surface area contributed by atoms with Gasteiger partial charge >= 0.3 is 5.69 Å². The SMILES string of the molecule is CC(=O)NCCn1c(=O)c(-c2cccc(F)c2Cl)cn(CC(=O)Nc2ccc3c(c2)C[C@@]2(C3)C(=O)Cc3ncccc32)c1=O. The molecule has 1 spiro atoms. The first-order valence-electron chi connectivity index (χ1n) is 14.0. The molecule has 2 heterocycles. The van der Waals surface area contributed by atoms with Gasteiger partial charge in [-0.1, -0.05) is 35.9 Å². The molecule has 0 saturated heterocycles. The summed E-state index contributed by atoms with van der Waals surface area (Å²) in [4.78, 5) is 68.7. The van der Waals surface area contributed by atoms with Crippen LogP contribution < -0.4 is 21.9 Å². The number of ketones is 1. The van der Waals surface area contributed by atoms with Gasteiger partial charge in [0.2, 0.25) is 11.8 Å². The summed E-state index contributed by atoms with van der Waals surface area (Å²) in [6.45, 7) is 0.646. The van der Waals surface area contributed by atoms with Crippen molar-refractivity contribution in [1.82, 2.24) is 19.4 Å². The molecule has 0 aliphatic heterocycles. The third-order valence-electron chi connectivity index (χ3n) is 8.24. The third kappa shape index (κ3) is 5.13. The number of hydrogen-bond donors (Lipinski definition) is 2. The molecule has 0 radical (unpaired) electrons. The van der Waals surface area contributed by atoms with Crippen LogP contribution in [0.2, 0.25) is 5.02 Å². The van der Waals surface area contributed by atoms with Gasteiger partial charge in [0.1, 0.15) is 18.1 Å². The van der Waals surface area contributed by atoms with Crippen molar-refractivity contribution in [2.45, 2.75) is 44.7 Å². The van der Waals surface area contributed by atoms with E-state index in [2.05, 4.69) is 15.6 Å². The van der Waals surface area contributed by atoms with Crippen LogP contribution in [0.25, 0.3) is 11.1 Å². The molecule has 2 aliphatic carbocycles. The second kappa shape index (κ2) is 11.3. The number of carbonyl (C=O) groups excluding carboxylic acids is 3. The van der Waals surface area contributed by atoms with Crippen LogP contribution in [-0.4, -0.2) is 38.3 Å². The van der Waals surface area contributed by atoms with E-state index in [1.54, 1.807) is 12.3 Å². The van der Waals surface area contributed by atoms with E-state index in [-0.39, 0.29) is 40.9 Å². The van der Waals surface area contributed by atoms with Crippen molar-refractivity contribution in [3.05, 3.63) is 115 Å². The second-order valence-electron chi connectivity index (χ2n) is 11.1.